The van der Waals surface area contributed by atoms with E-state index in [2.05, 4.69) is 4.74 Å². The molecule has 0 amide bonds. The maximum atomic E-state index is 12.2. The van der Waals surface area contributed by atoms with Crippen molar-refractivity contribution in [1.29, 1.82) is 0 Å². The summed E-state index contributed by atoms with van der Waals surface area (Å²) >= 11 is 0. The summed E-state index contributed by atoms with van der Waals surface area (Å²) in [5, 5.41) is 0. The molecule has 0 rings (SSSR count). The molecule has 86 valence electrons. The second kappa shape index (κ2) is 4.96. The third kappa shape index (κ3) is 4.63. The zero-order valence-electron chi connectivity index (χ0n) is 7.40. The summed E-state index contributed by atoms with van der Waals surface area (Å²) < 4.78 is 62.8. The molecule has 0 bridgehead atoms. The van der Waals surface area contributed by atoms with Crippen LogP contribution in [0.25, 0.3) is 0 Å². The maximum Gasteiger partial charge on any atom is 0.456 e. The van der Waals surface area contributed by atoms with E-state index in [0.29, 0.717) is 0 Å². The van der Waals surface area contributed by atoms with E-state index in [1.165, 1.54) is 0 Å². The first-order chi connectivity index (χ1) is 6.70. The van der Waals surface area contributed by atoms with Crippen molar-refractivity contribution in [2.24, 2.45) is 0 Å². The van der Waals surface area contributed by atoms with Gasteiger partial charge in [0.2, 0.25) is 0 Å². The predicted octanol–water partition coefficient (Wildman–Crippen LogP) is 2.14. The lowest BCUT2D eigenvalue weighted by Crippen LogP contribution is -2.41. The highest BCUT2D eigenvalue weighted by Gasteiger charge is 2.58. The number of rotatable bonds is 4. The van der Waals surface area contributed by atoms with Crippen molar-refractivity contribution in [3.8, 4) is 12.3 Å². The summed E-state index contributed by atoms with van der Waals surface area (Å²) in [5.74, 6) is -4.20. The quantitative estimate of drug-likeness (QED) is 0.420. The summed E-state index contributed by atoms with van der Waals surface area (Å²) in [4.78, 5) is 10.6. The van der Waals surface area contributed by atoms with Gasteiger partial charge in [-0.25, -0.2) is 0 Å². The number of hydrogen-bond acceptors (Lipinski definition) is 2. The molecule has 0 fully saturated rings. The minimum atomic E-state index is -5.72. The van der Waals surface area contributed by atoms with Gasteiger partial charge in [-0.15, -0.1) is 12.3 Å². The molecule has 0 N–H and O–H groups in total. The van der Waals surface area contributed by atoms with E-state index < -0.39 is 24.7 Å². The van der Waals surface area contributed by atoms with Crippen LogP contribution in [0.3, 0.4) is 0 Å². The monoisotopic (exact) mass is 230 g/mol. The van der Waals surface area contributed by atoms with E-state index in [4.69, 9.17) is 6.42 Å². The molecule has 15 heavy (non-hydrogen) atoms. The van der Waals surface area contributed by atoms with Gasteiger partial charge in [0.25, 0.3) is 0 Å². The molecule has 0 aromatic rings. The van der Waals surface area contributed by atoms with Gasteiger partial charge in [0.15, 0.2) is 6.61 Å². The van der Waals surface area contributed by atoms with Crippen molar-refractivity contribution in [3.05, 3.63) is 0 Å². The highest BCUT2D eigenvalue weighted by molar-refractivity contribution is 5.69. The Kier molecular flexibility index (Phi) is 4.52. The first-order valence-corrected chi connectivity index (χ1v) is 3.74. The third-order valence-electron chi connectivity index (χ3n) is 1.30. The Balaban J connectivity index is 4.06. The second-order valence-corrected chi connectivity index (χ2v) is 2.57. The van der Waals surface area contributed by atoms with Crippen LogP contribution in [0.15, 0.2) is 0 Å². The Labute approximate surface area is 82.4 Å². The van der Waals surface area contributed by atoms with Crippen LogP contribution in [-0.2, 0) is 9.53 Å². The highest BCUT2D eigenvalue weighted by atomic mass is 19.4. The zero-order chi connectivity index (χ0) is 12.1. The molecule has 0 aromatic carbocycles. The fraction of sp³-hybridized carbons (Fsp3) is 0.625. The number of carbonyl (C=O) groups excluding carboxylic acids is 1. The predicted molar refractivity (Wildman–Crippen MR) is 40.0 cm³/mol. The van der Waals surface area contributed by atoms with Crippen LogP contribution >= 0.6 is 0 Å². The lowest BCUT2D eigenvalue weighted by atomic mass is 10.3. The molecule has 0 radical (unpaired) electrons. The van der Waals surface area contributed by atoms with Crippen LogP contribution in [0.5, 0.6) is 0 Å². The van der Waals surface area contributed by atoms with Gasteiger partial charge in [-0.3, -0.25) is 4.79 Å². The first kappa shape index (κ1) is 13.7. The fourth-order valence-corrected chi connectivity index (χ4v) is 0.499. The van der Waals surface area contributed by atoms with Crippen molar-refractivity contribution in [2.45, 2.75) is 24.9 Å². The SMILES string of the molecule is C#CCCC(=O)OCC(F)(F)C(F)(F)F. The minimum absolute atomic E-state index is 0.0730. The molecule has 0 unspecified atom stereocenters. The molecule has 0 aliphatic rings. The largest absolute Gasteiger partial charge is 0.459 e. The molecule has 2 nitrogen and oxygen atoms in total. The van der Waals surface area contributed by atoms with Crippen molar-refractivity contribution in [2.75, 3.05) is 6.61 Å². The van der Waals surface area contributed by atoms with Gasteiger partial charge in [-0.05, 0) is 0 Å². The number of halogens is 5. The van der Waals surface area contributed by atoms with Gasteiger partial charge in [0.05, 0.1) is 6.42 Å². The van der Waals surface area contributed by atoms with Crippen molar-refractivity contribution in [3.63, 3.8) is 0 Å². The topological polar surface area (TPSA) is 26.3 Å². The number of terminal acetylenes is 1. The first-order valence-electron chi connectivity index (χ1n) is 3.74. The van der Waals surface area contributed by atoms with Gasteiger partial charge in [0.1, 0.15) is 0 Å². The van der Waals surface area contributed by atoms with Crippen LogP contribution in [-0.4, -0.2) is 24.7 Å². The molecule has 0 aliphatic heterocycles. The van der Waals surface area contributed by atoms with Crippen LogP contribution in [0.1, 0.15) is 12.8 Å². The number of carbonyl (C=O) groups is 1. The summed E-state index contributed by atoms with van der Waals surface area (Å²) in [6.45, 7) is -2.01. The van der Waals surface area contributed by atoms with Crippen LogP contribution in [0.4, 0.5) is 22.0 Å². The Morgan fingerprint density at radius 1 is 1.27 bits per heavy atom. The maximum absolute atomic E-state index is 12.2. The van der Waals surface area contributed by atoms with Crippen LogP contribution in [0, 0.1) is 12.3 Å². The average molecular weight is 230 g/mol. The average Bonchev–Trinajstić information content (AvgIpc) is 2.09. The van der Waals surface area contributed by atoms with E-state index in [1.54, 1.807) is 0 Å². The Bertz CT molecular complexity index is 263. The van der Waals surface area contributed by atoms with Gasteiger partial charge in [-0.1, -0.05) is 0 Å². The molecule has 0 aromatic heterocycles. The summed E-state index contributed by atoms with van der Waals surface area (Å²) in [6, 6.07) is 0. The minimum Gasteiger partial charge on any atom is -0.459 e. The lowest BCUT2D eigenvalue weighted by Gasteiger charge is -2.18. The summed E-state index contributed by atoms with van der Waals surface area (Å²) in [5.41, 5.74) is 0. The molecule has 0 atom stereocenters. The van der Waals surface area contributed by atoms with Gasteiger partial charge >= 0.3 is 18.1 Å². The number of ether oxygens (including phenoxy) is 1. The number of alkyl halides is 5. The van der Waals surface area contributed by atoms with Crippen molar-refractivity contribution in [1.82, 2.24) is 0 Å². The number of esters is 1. The van der Waals surface area contributed by atoms with Crippen molar-refractivity contribution >= 4 is 5.97 Å². The molecule has 7 heteroatoms. The van der Waals surface area contributed by atoms with E-state index in [1.807, 2.05) is 5.92 Å². The van der Waals surface area contributed by atoms with Crippen molar-refractivity contribution < 1.29 is 31.5 Å². The van der Waals surface area contributed by atoms with E-state index in [9.17, 15) is 26.7 Å². The Morgan fingerprint density at radius 2 is 1.80 bits per heavy atom. The smallest absolute Gasteiger partial charge is 0.456 e. The number of hydrogen-bond donors (Lipinski definition) is 0. The van der Waals surface area contributed by atoms with E-state index >= 15 is 0 Å². The lowest BCUT2D eigenvalue weighted by molar-refractivity contribution is -0.294. The van der Waals surface area contributed by atoms with Gasteiger partial charge in [0, 0.05) is 6.42 Å². The van der Waals surface area contributed by atoms with E-state index in [0.717, 1.165) is 0 Å². The second-order valence-electron chi connectivity index (χ2n) is 2.57. The molecular weight excluding hydrogens is 223 g/mol. The molecule has 0 heterocycles. The molecule has 0 spiro atoms. The fourth-order valence-electron chi connectivity index (χ4n) is 0.499. The van der Waals surface area contributed by atoms with Gasteiger partial charge in [-0.2, -0.15) is 22.0 Å². The summed E-state index contributed by atoms with van der Waals surface area (Å²) in [6.07, 6.45) is -1.44. The Hall–Kier alpha value is -1.32. The van der Waals surface area contributed by atoms with E-state index in [-0.39, 0.29) is 12.8 Å². The molecule has 0 saturated heterocycles. The highest BCUT2D eigenvalue weighted by Crippen LogP contribution is 2.35. The zero-order valence-corrected chi connectivity index (χ0v) is 7.40. The van der Waals surface area contributed by atoms with Crippen LogP contribution in [0.2, 0.25) is 0 Å². The molecular formula is C8H7F5O2. The van der Waals surface area contributed by atoms with Crippen LogP contribution < -0.4 is 0 Å². The van der Waals surface area contributed by atoms with Gasteiger partial charge < -0.3 is 4.74 Å². The third-order valence-corrected chi connectivity index (χ3v) is 1.30. The molecule has 0 aliphatic carbocycles. The standard InChI is InChI=1S/C8H7F5O2/c1-2-3-4-6(14)15-5-7(9,10)8(11,12)13/h1H,3-5H2. The summed E-state index contributed by atoms with van der Waals surface area (Å²) in [7, 11) is 0. The normalized spacial score (nSPS) is 12.0. The Morgan fingerprint density at radius 3 is 2.20 bits per heavy atom. The molecule has 0 saturated carbocycles.